The number of carbonyl (C=O) groups is 2. The number of anilines is 1. The third kappa shape index (κ3) is 4.10. The summed E-state index contributed by atoms with van der Waals surface area (Å²) in [4.78, 5) is 28.3. The second kappa shape index (κ2) is 7.89. The van der Waals surface area contributed by atoms with Gasteiger partial charge in [0, 0.05) is 38.8 Å². The van der Waals surface area contributed by atoms with E-state index in [4.69, 9.17) is 4.74 Å². The molecule has 27 heavy (non-hydrogen) atoms. The Hall–Kier alpha value is -2.08. The quantitative estimate of drug-likeness (QED) is 0.885. The van der Waals surface area contributed by atoms with Gasteiger partial charge in [-0.25, -0.2) is 4.79 Å². The van der Waals surface area contributed by atoms with E-state index in [0.29, 0.717) is 13.1 Å². The number of likely N-dealkylation sites (N-methyl/N-ethyl adjacent to an activating group) is 1. The van der Waals surface area contributed by atoms with Gasteiger partial charge in [-0.15, -0.1) is 0 Å². The Morgan fingerprint density at radius 3 is 2.56 bits per heavy atom. The Balaban J connectivity index is 1.58. The average molecular weight is 373 g/mol. The lowest BCUT2D eigenvalue weighted by Gasteiger charge is -2.44. The average Bonchev–Trinajstić information content (AvgIpc) is 3.09. The number of hydrogen-bond acceptors (Lipinski definition) is 3. The molecular weight excluding hydrogens is 342 g/mol. The number of rotatable bonds is 3. The number of amides is 3. The SMILES string of the molecule is CCc1ccc(NC(=O)N2CC[C@]3(CC[C@H](C(=O)N(C)C)O3)[C@@H](C)C2)cc1. The van der Waals surface area contributed by atoms with Crippen LogP contribution in [0, 0.1) is 5.92 Å². The normalized spacial score (nSPS) is 27.6. The number of nitrogens with zero attached hydrogens (tertiary/aromatic N) is 2. The van der Waals surface area contributed by atoms with E-state index in [1.165, 1.54) is 5.56 Å². The molecule has 0 radical (unpaired) electrons. The summed E-state index contributed by atoms with van der Waals surface area (Å²) >= 11 is 0. The zero-order valence-corrected chi connectivity index (χ0v) is 16.8. The molecule has 0 aromatic heterocycles. The summed E-state index contributed by atoms with van der Waals surface area (Å²) in [5.41, 5.74) is 1.79. The summed E-state index contributed by atoms with van der Waals surface area (Å²) in [6.07, 6.45) is 3.05. The van der Waals surface area contributed by atoms with E-state index in [1.54, 1.807) is 19.0 Å². The molecule has 1 spiro atoms. The monoisotopic (exact) mass is 373 g/mol. The maximum absolute atomic E-state index is 12.6. The first kappa shape index (κ1) is 19.7. The van der Waals surface area contributed by atoms with Gasteiger partial charge < -0.3 is 19.9 Å². The molecule has 0 bridgehead atoms. The third-order valence-corrected chi connectivity index (χ3v) is 6.02. The minimum absolute atomic E-state index is 0.0368. The molecule has 3 rings (SSSR count). The van der Waals surface area contributed by atoms with E-state index in [2.05, 4.69) is 19.2 Å². The molecule has 2 fully saturated rings. The predicted octanol–water partition coefficient (Wildman–Crippen LogP) is 3.13. The molecule has 0 unspecified atom stereocenters. The Morgan fingerprint density at radius 1 is 1.26 bits per heavy atom. The third-order valence-electron chi connectivity index (χ3n) is 6.02. The number of likely N-dealkylation sites (tertiary alicyclic amines) is 1. The van der Waals surface area contributed by atoms with Crippen molar-refractivity contribution in [3.63, 3.8) is 0 Å². The van der Waals surface area contributed by atoms with Crippen LogP contribution in [0.2, 0.25) is 0 Å². The Labute approximate surface area is 161 Å². The van der Waals surface area contributed by atoms with E-state index in [0.717, 1.165) is 31.4 Å². The maximum Gasteiger partial charge on any atom is 0.321 e. The van der Waals surface area contributed by atoms with Gasteiger partial charge in [-0.3, -0.25) is 4.79 Å². The lowest BCUT2D eigenvalue weighted by Crippen LogP contribution is -2.53. The Kier molecular flexibility index (Phi) is 5.75. The van der Waals surface area contributed by atoms with E-state index >= 15 is 0 Å². The van der Waals surface area contributed by atoms with Crippen LogP contribution in [0.5, 0.6) is 0 Å². The van der Waals surface area contributed by atoms with Gasteiger partial charge in [0.1, 0.15) is 6.10 Å². The van der Waals surface area contributed by atoms with Crippen molar-refractivity contribution in [3.8, 4) is 0 Å². The summed E-state index contributed by atoms with van der Waals surface area (Å²) in [5, 5.41) is 2.99. The number of carbonyl (C=O) groups excluding carboxylic acids is 2. The smallest absolute Gasteiger partial charge is 0.321 e. The standard InChI is InChI=1S/C21H31N3O3/c1-5-16-6-8-17(9-7-16)22-20(26)24-13-12-21(15(2)14-24)11-10-18(27-21)19(25)23(3)4/h6-9,15,18H,5,10-14H2,1-4H3,(H,22,26)/t15-,18+,21+/m0/s1. The molecule has 1 N–H and O–H groups in total. The van der Waals surface area contributed by atoms with Crippen LogP contribution in [0.1, 0.15) is 38.7 Å². The fraction of sp³-hybridized carbons (Fsp3) is 0.619. The fourth-order valence-corrected chi connectivity index (χ4v) is 4.15. The number of nitrogens with one attached hydrogen (secondary N) is 1. The highest BCUT2D eigenvalue weighted by Crippen LogP contribution is 2.42. The second-order valence-corrected chi connectivity index (χ2v) is 8.02. The summed E-state index contributed by atoms with van der Waals surface area (Å²) in [7, 11) is 3.53. The van der Waals surface area contributed by atoms with Crippen LogP contribution >= 0.6 is 0 Å². The van der Waals surface area contributed by atoms with E-state index in [1.807, 2.05) is 29.2 Å². The molecule has 3 atom stereocenters. The Morgan fingerprint density at radius 2 is 1.96 bits per heavy atom. The molecule has 2 saturated heterocycles. The van der Waals surface area contributed by atoms with Crippen LogP contribution < -0.4 is 5.32 Å². The van der Waals surface area contributed by atoms with Crippen LogP contribution in [0.4, 0.5) is 10.5 Å². The second-order valence-electron chi connectivity index (χ2n) is 8.02. The molecule has 2 heterocycles. The van der Waals surface area contributed by atoms with Gasteiger partial charge in [-0.1, -0.05) is 26.0 Å². The van der Waals surface area contributed by atoms with Gasteiger partial charge in [-0.2, -0.15) is 0 Å². The van der Waals surface area contributed by atoms with Gasteiger partial charge in [0.15, 0.2) is 0 Å². The number of benzene rings is 1. The molecule has 2 aliphatic heterocycles. The van der Waals surface area contributed by atoms with Crippen molar-refractivity contribution >= 4 is 17.6 Å². The summed E-state index contributed by atoms with van der Waals surface area (Å²) in [5.74, 6) is 0.231. The zero-order chi connectivity index (χ0) is 19.6. The van der Waals surface area contributed by atoms with Gasteiger partial charge in [-0.05, 0) is 43.4 Å². The van der Waals surface area contributed by atoms with Gasteiger partial charge in [0.25, 0.3) is 5.91 Å². The summed E-state index contributed by atoms with van der Waals surface area (Å²) in [6.45, 7) is 5.52. The summed E-state index contributed by atoms with van der Waals surface area (Å²) < 4.78 is 6.25. The summed E-state index contributed by atoms with van der Waals surface area (Å²) in [6, 6.07) is 7.90. The van der Waals surface area contributed by atoms with Crippen molar-refractivity contribution in [1.29, 1.82) is 0 Å². The predicted molar refractivity (Wildman–Crippen MR) is 106 cm³/mol. The highest BCUT2D eigenvalue weighted by molar-refractivity contribution is 5.89. The van der Waals surface area contributed by atoms with Gasteiger partial charge in [0.05, 0.1) is 5.60 Å². The van der Waals surface area contributed by atoms with Gasteiger partial charge in [0.2, 0.25) is 0 Å². The molecule has 2 aliphatic rings. The molecular formula is C21H31N3O3. The minimum atomic E-state index is -0.347. The van der Waals surface area contributed by atoms with Crippen LogP contribution in [0.15, 0.2) is 24.3 Å². The van der Waals surface area contributed by atoms with E-state index in [9.17, 15) is 9.59 Å². The van der Waals surface area contributed by atoms with Crippen LogP contribution in [0.3, 0.4) is 0 Å². The highest BCUT2D eigenvalue weighted by Gasteiger charge is 2.49. The first-order valence-corrected chi connectivity index (χ1v) is 9.88. The molecule has 0 aliphatic carbocycles. The molecule has 6 heteroatoms. The van der Waals surface area contributed by atoms with Crippen LogP contribution in [-0.2, 0) is 16.0 Å². The van der Waals surface area contributed by atoms with Crippen molar-refractivity contribution in [2.45, 2.75) is 51.2 Å². The highest BCUT2D eigenvalue weighted by atomic mass is 16.5. The zero-order valence-electron chi connectivity index (χ0n) is 16.8. The molecule has 148 valence electrons. The number of aryl methyl sites for hydroxylation is 1. The van der Waals surface area contributed by atoms with Crippen molar-refractivity contribution in [2.24, 2.45) is 5.92 Å². The van der Waals surface area contributed by atoms with Crippen molar-refractivity contribution in [3.05, 3.63) is 29.8 Å². The lowest BCUT2D eigenvalue weighted by molar-refractivity contribution is -0.153. The number of piperidine rings is 1. The van der Waals surface area contributed by atoms with Crippen molar-refractivity contribution in [1.82, 2.24) is 9.80 Å². The molecule has 6 nitrogen and oxygen atoms in total. The Bertz CT molecular complexity index is 688. The minimum Gasteiger partial charge on any atom is -0.362 e. The number of urea groups is 1. The molecule has 1 aromatic rings. The topological polar surface area (TPSA) is 61.9 Å². The number of ether oxygens (including phenoxy) is 1. The molecule has 0 saturated carbocycles. The molecule has 3 amide bonds. The van der Waals surface area contributed by atoms with Crippen LogP contribution in [0.25, 0.3) is 0 Å². The van der Waals surface area contributed by atoms with Crippen LogP contribution in [-0.4, -0.2) is 60.6 Å². The molecule has 1 aromatic carbocycles. The first-order valence-electron chi connectivity index (χ1n) is 9.88. The van der Waals surface area contributed by atoms with E-state index < -0.39 is 0 Å². The van der Waals surface area contributed by atoms with E-state index in [-0.39, 0.29) is 29.6 Å². The van der Waals surface area contributed by atoms with Crippen molar-refractivity contribution < 1.29 is 14.3 Å². The lowest BCUT2D eigenvalue weighted by atomic mass is 9.80. The first-order chi connectivity index (χ1) is 12.8. The fourth-order valence-electron chi connectivity index (χ4n) is 4.15. The maximum atomic E-state index is 12.6. The van der Waals surface area contributed by atoms with Gasteiger partial charge >= 0.3 is 6.03 Å². The van der Waals surface area contributed by atoms with Crippen molar-refractivity contribution in [2.75, 3.05) is 32.5 Å². The largest absolute Gasteiger partial charge is 0.362 e. The number of hydrogen-bond donors (Lipinski definition) is 1.